The fourth-order valence-electron chi connectivity index (χ4n) is 3.28. The maximum Gasteiger partial charge on any atom is 0.308 e. The molecule has 1 aliphatic heterocycles. The molecule has 3 rings (SSSR count). The van der Waals surface area contributed by atoms with Crippen LogP contribution in [-0.4, -0.2) is 34.0 Å². The standard InChI is InChI=1S/C17H20N2O2/c1-11-8-19(10-15(11)17(20)21)9-13-7-12(2)18-16-6-4-3-5-14(13)16/h3-7,11,15H,8-10H2,1-2H3,(H,20,21). The minimum absolute atomic E-state index is 0.205. The van der Waals surface area contributed by atoms with Gasteiger partial charge in [0.15, 0.2) is 0 Å². The molecule has 0 aliphatic carbocycles. The van der Waals surface area contributed by atoms with Crippen molar-refractivity contribution in [3.05, 3.63) is 41.6 Å². The van der Waals surface area contributed by atoms with Gasteiger partial charge in [-0.25, -0.2) is 0 Å². The molecule has 0 saturated carbocycles. The number of carboxylic acid groups (broad SMARTS) is 1. The lowest BCUT2D eigenvalue weighted by atomic mass is 9.99. The van der Waals surface area contributed by atoms with Crippen LogP contribution in [0, 0.1) is 18.8 Å². The lowest BCUT2D eigenvalue weighted by Gasteiger charge is -2.17. The van der Waals surface area contributed by atoms with Gasteiger partial charge < -0.3 is 5.11 Å². The average molecular weight is 284 g/mol. The summed E-state index contributed by atoms with van der Waals surface area (Å²) in [5.41, 5.74) is 3.25. The normalized spacial score (nSPS) is 22.8. The molecule has 4 nitrogen and oxygen atoms in total. The lowest BCUT2D eigenvalue weighted by molar-refractivity contribution is -0.142. The summed E-state index contributed by atoms with van der Waals surface area (Å²) in [7, 11) is 0. The number of para-hydroxylation sites is 1. The van der Waals surface area contributed by atoms with Crippen molar-refractivity contribution < 1.29 is 9.90 Å². The molecular weight excluding hydrogens is 264 g/mol. The van der Waals surface area contributed by atoms with E-state index in [9.17, 15) is 9.90 Å². The minimum Gasteiger partial charge on any atom is -0.481 e. The van der Waals surface area contributed by atoms with Gasteiger partial charge in [0.2, 0.25) is 0 Å². The Morgan fingerprint density at radius 1 is 1.38 bits per heavy atom. The third kappa shape index (κ3) is 2.76. The van der Waals surface area contributed by atoms with E-state index >= 15 is 0 Å². The molecule has 2 aromatic rings. The Kier molecular flexibility index (Phi) is 3.64. The van der Waals surface area contributed by atoms with E-state index in [4.69, 9.17) is 0 Å². The highest BCUT2D eigenvalue weighted by molar-refractivity contribution is 5.82. The molecule has 2 heterocycles. The van der Waals surface area contributed by atoms with Crippen LogP contribution >= 0.6 is 0 Å². The van der Waals surface area contributed by atoms with Crippen LogP contribution in [0.1, 0.15) is 18.2 Å². The van der Waals surface area contributed by atoms with Crippen LogP contribution in [-0.2, 0) is 11.3 Å². The second-order valence-electron chi connectivity index (χ2n) is 6.06. The number of nitrogens with zero attached hydrogens (tertiary/aromatic N) is 2. The third-order valence-corrected chi connectivity index (χ3v) is 4.33. The van der Waals surface area contributed by atoms with E-state index in [1.165, 1.54) is 5.56 Å². The molecule has 1 fully saturated rings. The number of aliphatic carboxylic acids is 1. The van der Waals surface area contributed by atoms with Gasteiger partial charge in [-0.15, -0.1) is 0 Å². The predicted molar refractivity (Wildman–Crippen MR) is 82.0 cm³/mol. The average Bonchev–Trinajstić information content (AvgIpc) is 2.79. The van der Waals surface area contributed by atoms with Gasteiger partial charge in [-0.3, -0.25) is 14.7 Å². The molecule has 4 heteroatoms. The van der Waals surface area contributed by atoms with Gasteiger partial charge >= 0.3 is 5.97 Å². The second-order valence-corrected chi connectivity index (χ2v) is 6.06. The molecular formula is C17H20N2O2. The van der Waals surface area contributed by atoms with Crippen molar-refractivity contribution in [2.45, 2.75) is 20.4 Å². The first-order valence-electron chi connectivity index (χ1n) is 7.35. The first kappa shape index (κ1) is 14.0. The zero-order valence-corrected chi connectivity index (χ0v) is 12.4. The number of aryl methyl sites for hydroxylation is 1. The molecule has 0 spiro atoms. The Morgan fingerprint density at radius 3 is 2.86 bits per heavy atom. The van der Waals surface area contributed by atoms with Crippen molar-refractivity contribution in [1.29, 1.82) is 0 Å². The van der Waals surface area contributed by atoms with Crippen LogP contribution < -0.4 is 0 Å². The highest BCUT2D eigenvalue weighted by Gasteiger charge is 2.34. The molecule has 1 saturated heterocycles. The van der Waals surface area contributed by atoms with E-state index in [2.05, 4.69) is 22.0 Å². The van der Waals surface area contributed by atoms with Crippen molar-refractivity contribution in [1.82, 2.24) is 9.88 Å². The molecule has 0 radical (unpaired) electrons. The number of pyridine rings is 1. The summed E-state index contributed by atoms with van der Waals surface area (Å²) < 4.78 is 0. The number of likely N-dealkylation sites (tertiary alicyclic amines) is 1. The Morgan fingerprint density at radius 2 is 2.14 bits per heavy atom. The van der Waals surface area contributed by atoms with Crippen LogP contribution in [0.4, 0.5) is 0 Å². The minimum atomic E-state index is -0.680. The maximum atomic E-state index is 11.2. The van der Waals surface area contributed by atoms with Gasteiger partial charge in [0.05, 0.1) is 11.4 Å². The number of hydrogen-bond acceptors (Lipinski definition) is 3. The summed E-state index contributed by atoms with van der Waals surface area (Å²) in [5.74, 6) is -0.725. The zero-order chi connectivity index (χ0) is 15.0. The summed E-state index contributed by atoms with van der Waals surface area (Å²) >= 11 is 0. The number of fused-ring (bicyclic) bond motifs is 1. The first-order valence-corrected chi connectivity index (χ1v) is 7.35. The Labute approximate surface area is 124 Å². The van der Waals surface area contributed by atoms with Crippen LogP contribution in [0.5, 0.6) is 0 Å². The molecule has 2 atom stereocenters. The quantitative estimate of drug-likeness (QED) is 0.941. The SMILES string of the molecule is Cc1cc(CN2CC(C)C(C(=O)O)C2)c2ccccc2n1. The molecule has 1 aliphatic rings. The largest absolute Gasteiger partial charge is 0.481 e. The van der Waals surface area contributed by atoms with E-state index < -0.39 is 5.97 Å². The number of rotatable bonds is 3. The summed E-state index contributed by atoms with van der Waals surface area (Å²) in [5, 5.41) is 10.4. The van der Waals surface area contributed by atoms with Crippen LogP contribution in [0.25, 0.3) is 10.9 Å². The molecule has 1 N–H and O–H groups in total. The smallest absolute Gasteiger partial charge is 0.308 e. The highest BCUT2D eigenvalue weighted by Crippen LogP contribution is 2.27. The summed E-state index contributed by atoms with van der Waals surface area (Å²) in [4.78, 5) is 18.0. The van der Waals surface area contributed by atoms with Crippen LogP contribution in [0.2, 0.25) is 0 Å². The lowest BCUT2D eigenvalue weighted by Crippen LogP contribution is -2.23. The molecule has 0 amide bonds. The predicted octanol–water partition coefficient (Wildman–Crippen LogP) is 2.70. The van der Waals surface area contributed by atoms with Crippen molar-refractivity contribution in [3.63, 3.8) is 0 Å². The van der Waals surface area contributed by atoms with Crippen LogP contribution in [0.3, 0.4) is 0 Å². The monoisotopic (exact) mass is 284 g/mol. The van der Waals surface area contributed by atoms with E-state index in [-0.39, 0.29) is 11.8 Å². The number of benzene rings is 1. The third-order valence-electron chi connectivity index (χ3n) is 4.33. The van der Waals surface area contributed by atoms with E-state index in [1.807, 2.05) is 32.0 Å². The van der Waals surface area contributed by atoms with E-state index in [0.29, 0.717) is 6.54 Å². The summed E-state index contributed by atoms with van der Waals surface area (Å²) in [6, 6.07) is 10.2. The van der Waals surface area contributed by atoms with Gasteiger partial charge in [0, 0.05) is 30.7 Å². The van der Waals surface area contributed by atoms with Gasteiger partial charge in [-0.2, -0.15) is 0 Å². The number of carbonyl (C=O) groups is 1. The van der Waals surface area contributed by atoms with Crippen molar-refractivity contribution in [3.8, 4) is 0 Å². The molecule has 1 aromatic carbocycles. The maximum absolute atomic E-state index is 11.2. The molecule has 110 valence electrons. The molecule has 21 heavy (non-hydrogen) atoms. The highest BCUT2D eigenvalue weighted by atomic mass is 16.4. The first-order chi connectivity index (χ1) is 10.0. The Balaban J connectivity index is 1.87. The van der Waals surface area contributed by atoms with Crippen molar-refractivity contribution >= 4 is 16.9 Å². The Hall–Kier alpha value is -1.94. The van der Waals surface area contributed by atoms with E-state index in [0.717, 1.165) is 29.7 Å². The van der Waals surface area contributed by atoms with Crippen LogP contribution in [0.15, 0.2) is 30.3 Å². The molecule has 2 unspecified atom stereocenters. The summed E-state index contributed by atoms with van der Waals surface area (Å²) in [6.45, 7) is 6.29. The van der Waals surface area contributed by atoms with E-state index in [1.54, 1.807) is 0 Å². The fourth-order valence-corrected chi connectivity index (χ4v) is 3.28. The fraction of sp³-hybridized carbons (Fsp3) is 0.412. The number of carboxylic acids is 1. The number of hydrogen-bond donors (Lipinski definition) is 1. The van der Waals surface area contributed by atoms with Gasteiger partial charge in [-0.05, 0) is 30.5 Å². The van der Waals surface area contributed by atoms with Gasteiger partial charge in [-0.1, -0.05) is 25.1 Å². The van der Waals surface area contributed by atoms with Gasteiger partial charge in [0.1, 0.15) is 0 Å². The molecule has 1 aromatic heterocycles. The topological polar surface area (TPSA) is 53.4 Å². The van der Waals surface area contributed by atoms with Crippen molar-refractivity contribution in [2.24, 2.45) is 11.8 Å². The summed E-state index contributed by atoms with van der Waals surface area (Å²) in [6.07, 6.45) is 0. The zero-order valence-electron chi connectivity index (χ0n) is 12.4. The Bertz CT molecular complexity index is 684. The van der Waals surface area contributed by atoms with Crippen molar-refractivity contribution in [2.75, 3.05) is 13.1 Å². The molecule has 0 bridgehead atoms. The van der Waals surface area contributed by atoms with Gasteiger partial charge in [0.25, 0.3) is 0 Å². The number of aromatic nitrogens is 1. The second kappa shape index (κ2) is 5.45.